The van der Waals surface area contributed by atoms with Crippen LogP contribution in [0.25, 0.3) is 0 Å². The number of carbonyl (C=O) groups excluding carboxylic acids is 1. The van der Waals surface area contributed by atoms with Crippen LogP contribution in [-0.4, -0.2) is 16.1 Å². The molecule has 0 saturated heterocycles. The molecule has 0 atom stereocenters. The monoisotopic (exact) mass is 230 g/mol. The van der Waals surface area contributed by atoms with Crippen molar-refractivity contribution in [2.75, 3.05) is 5.32 Å². The second-order valence-electron chi connectivity index (χ2n) is 3.34. The van der Waals surface area contributed by atoms with Gasteiger partial charge in [-0.25, -0.2) is 0 Å². The average molecular weight is 230 g/mol. The molecule has 86 valence electrons. The zero-order chi connectivity index (χ0) is 12.3. The standard InChI is InChI=1S/C11H10N4O2/c1-2-8-3-4-9(17-8)11(16)14-10-7(5-12)6-13-15-10/h3-4,6H,2H2,1H3,(H2,13,14,15,16). The Kier molecular flexibility index (Phi) is 2.92. The molecule has 0 spiro atoms. The molecule has 0 saturated carbocycles. The molecule has 6 heteroatoms. The first kappa shape index (κ1) is 11.0. The fraction of sp³-hybridized carbons (Fsp3) is 0.182. The predicted octanol–water partition coefficient (Wildman–Crippen LogP) is 1.69. The zero-order valence-corrected chi connectivity index (χ0v) is 9.15. The number of nitriles is 1. The molecule has 1 amide bonds. The third-order valence-electron chi connectivity index (χ3n) is 2.23. The summed E-state index contributed by atoms with van der Waals surface area (Å²) in [4.78, 5) is 11.7. The van der Waals surface area contributed by atoms with Crippen LogP contribution < -0.4 is 5.32 Å². The lowest BCUT2D eigenvalue weighted by molar-refractivity contribution is 0.0994. The topological polar surface area (TPSA) is 94.7 Å². The molecule has 2 rings (SSSR count). The van der Waals surface area contributed by atoms with E-state index in [1.165, 1.54) is 6.20 Å². The second-order valence-corrected chi connectivity index (χ2v) is 3.34. The summed E-state index contributed by atoms with van der Waals surface area (Å²) in [6, 6.07) is 5.25. The Labute approximate surface area is 97.2 Å². The van der Waals surface area contributed by atoms with Crippen molar-refractivity contribution in [1.82, 2.24) is 10.2 Å². The van der Waals surface area contributed by atoms with Crippen molar-refractivity contribution in [3.05, 3.63) is 35.4 Å². The highest BCUT2D eigenvalue weighted by Gasteiger charge is 2.13. The van der Waals surface area contributed by atoms with Crippen LogP contribution >= 0.6 is 0 Å². The van der Waals surface area contributed by atoms with Crippen LogP contribution in [0.1, 0.15) is 28.8 Å². The maximum atomic E-state index is 11.7. The van der Waals surface area contributed by atoms with Gasteiger partial charge >= 0.3 is 0 Å². The Bertz CT molecular complexity index is 576. The summed E-state index contributed by atoms with van der Waals surface area (Å²) < 4.78 is 5.29. The number of aryl methyl sites for hydroxylation is 1. The molecule has 0 bridgehead atoms. The number of hydrogen-bond acceptors (Lipinski definition) is 4. The first-order valence-corrected chi connectivity index (χ1v) is 5.08. The number of H-pyrrole nitrogens is 1. The molecular formula is C11H10N4O2. The summed E-state index contributed by atoms with van der Waals surface area (Å²) in [5, 5.41) is 17.5. The summed E-state index contributed by atoms with van der Waals surface area (Å²) in [5.41, 5.74) is 0.278. The molecule has 0 aromatic carbocycles. The van der Waals surface area contributed by atoms with Gasteiger partial charge in [0.1, 0.15) is 23.2 Å². The van der Waals surface area contributed by atoms with Crippen LogP contribution in [0.5, 0.6) is 0 Å². The molecule has 0 aliphatic carbocycles. The van der Waals surface area contributed by atoms with Gasteiger partial charge in [0.2, 0.25) is 0 Å². The summed E-state index contributed by atoms with van der Waals surface area (Å²) >= 11 is 0. The Hall–Kier alpha value is -2.55. The van der Waals surface area contributed by atoms with Gasteiger partial charge in [0, 0.05) is 6.42 Å². The number of nitrogens with zero attached hydrogens (tertiary/aromatic N) is 2. The van der Waals surface area contributed by atoms with E-state index in [0.717, 1.165) is 12.2 Å². The maximum Gasteiger partial charge on any atom is 0.292 e. The van der Waals surface area contributed by atoms with E-state index < -0.39 is 5.91 Å². The first-order chi connectivity index (χ1) is 8.24. The highest BCUT2D eigenvalue weighted by atomic mass is 16.3. The van der Waals surface area contributed by atoms with Gasteiger partial charge in [0.15, 0.2) is 5.76 Å². The molecule has 6 nitrogen and oxygen atoms in total. The van der Waals surface area contributed by atoms with Crippen LogP contribution in [0, 0.1) is 11.3 Å². The predicted molar refractivity (Wildman–Crippen MR) is 59.3 cm³/mol. The van der Waals surface area contributed by atoms with Crippen LogP contribution in [0.15, 0.2) is 22.7 Å². The molecule has 2 aromatic rings. The van der Waals surface area contributed by atoms with Gasteiger partial charge < -0.3 is 9.73 Å². The smallest absolute Gasteiger partial charge is 0.292 e. The van der Waals surface area contributed by atoms with Gasteiger partial charge in [-0.3, -0.25) is 9.89 Å². The number of aromatic nitrogens is 2. The fourth-order valence-corrected chi connectivity index (χ4v) is 1.33. The highest BCUT2D eigenvalue weighted by Crippen LogP contribution is 2.13. The lowest BCUT2D eigenvalue weighted by atomic mass is 10.3. The molecule has 0 aliphatic rings. The van der Waals surface area contributed by atoms with Gasteiger partial charge in [-0.05, 0) is 12.1 Å². The number of furan rings is 1. The van der Waals surface area contributed by atoms with E-state index in [9.17, 15) is 4.79 Å². The van der Waals surface area contributed by atoms with Crippen molar-refractivity contribution < 1.29 is 9.21 Å². The largest absolute Gasteiger partial charge is 0.456 e. The molecule has 0 radical (unpaired) electrons. The lowest BCUT2D eigenvalue weighted by Crippen LogP contribution is -2.12. The summed E-state index contributed by atoms with van der Waals surface area (Å²) in [7, 11) is 0. The van der Waals surface area contributed by atoms with Crippen LogP contribution in [0.4, 0.5) is 5.82 Å². The molecule has 0 fully saturated rings. The number of anilines is 1. The minimum absolute atomic E-state index is 0.209. The molecule has 0 unspecified atom stereocenters. The summed E-state index contributed by atoms with van der Waals surface area (Å²) in [5.74, 6) is 0.804. The van der Waals surface area contributed by atoms with Crippen molar-refractivity contribution in [3.63, 3.8) is 0 Å². The molecular weight excluding hydrogens is 220 g/mol. The summed E-state index contributed by atoms with van der Waals surface area (Å²) in [6.45, 7) is 1.93. The highest BCUT2D eigenvalue weighted by molar-refractivity contribution is 6.02. The van der Waals surface area contributed by atoms with Gasteiger partial charge in [0.05, 0.1) is 6.20 Å². The molecule has 17 heavy (non-hydrogen) atoms. The van der Waals surface area contributed by atoms with E-state index in [1.54, 1.807) is 12.1 Å². The van der Waals surface area contributed by atoms with Crippen LogP contribution in [-0.2, 0) is 6.42 Å². The van der Waals surface area contributed by atoms with Crippen molar-refractivity contribution in [1.29, 1.82) is 5.26 Å². The molecule has 0 aliphatic heterocycles. The number of aromatic amines is 1. The number of rotatable bonds is 3. The van der Waals surface area contributed by atoms with E-state index in [0.29, 0.717) is 0 Å². The minimum atomic E-state index is -0.412. The van der Waals surface area contributed by atoms with Crippen molar-refractivity contribution in [2.45, 2.75) is 13.3 Å². The number of amides is 1. The Morgan fingerprint density at radius 1 is 1.65 bits per heavy atom. The molecule has 2 heterocycles. The van der Waals surface area contributed by atoms with E-state index >= 15 is 0 Å². The normalized spacial score (nSPS) is 9.88. The zero-order valence-electron chi connectivity index (χ0n) is 9.15. The SMILES string of the molecule is CCc1ccc(C(=O)Nc2[nH]ncc2C#N)o1. The first-order valence-electron chi connectivity index (χ1n) is 5.08. The number of nitrogens with one attached hydrogen (secondary N) is 2. The maximum absolute atomic E-state index is 11.7. The van der Waals surface area contributed by atoms with Crippen molar-refractivity contribution >= 4 is 11.7 Å². The third kappa shape index (κ3) is 2.18. The van der Waals surface area contributed by atoms with Gasteiger partial charge in [-0.15, -0.1) is 0 Å². The van der Waals surface area contributed by atoms with E-state index in [-0.39, 0.29) is 17.1 Å². The lowest BCUT2D eigenvalue weighted by Gasteiger charge is -1.99. The molecule has 2 N–H and O–H groups in total. The Morgan fingerprint density at radius 2 is 2.47 bits per heavy atom. The fourth-order valence-electron chi connectivity index (χ4n) is 1.33. The number of hydrogen-bond donors (Lipinski definition) is 2. The van der Waals surface area contributed by atoms with E-state index in [4.69, 9.17) is 9.68 Å². The molecule has 2 aromatic heterocycles. The van der Waals surface area contributed by atoms with Crippen molar-refractivity contribution in [3.8, 4) is 6.07 Å². The van der Waals surface area contributed by atoms with E-state index in [1.807, 2.05) is 13.0 Å². The second kappa shape index (κ2) is 4.53. The van der Waals surface area contributed by atoms with Crippen molar-refractivity contribution in [2.24, 2.45) is 0 Å². The van der Waals surface area contributed by atoms with Crippen LogP contribution in [0.2, 0.25) is 0 Å². The van der Waals surface area contributed by atoms with Gasteiger partial charge in [0.25, 0.3) is 5.91 Å². The summed E-state index contributed by atoms with van der Waals surface area (Å²) in [6.07, 6.45) is 2.07. The number of carbonyl (C=O) groups is 1. The quantitative estimate of drug-likeness (QED) is 0.838. The van der Waals surface area contributed by atoms with Crippen LogP contribution in [0.3, 0.4) is 0 Å². The Morgan fingerprint density at radius 3 is 3.12 bits per heavy atom. The van der Waals surface area contributed by atoms with E-state index in [2.05, 4.69) is 15.5 Å². The minimum Gasteiger partial charge on any atom is -0.456 e. The third-order valence-corrected chi connectivity index (χ3v) is 2.23. The Balaban J connectivity index is 2.15. The van der Waals surface area contributed by atoms with Gasteiger partial charge in [-0.1, -0.05) is 6.92 Å². The average Bonchev–Trinajstić information content (AvgIpc) is 2.96. The van der Waals surface area contributed by atoms with Gasteiger partial charge in [-0.2, -0.15) is 10.4 Å².